The molecule has 1 aliphatic rings. The number of rotatable bonds is 7. The van der Waals surface area contributed by atoms with Crippen LogP contribution in [0.15, 0.2) is 48.5 Å². The molecule has 4 rings (SSSR count). The minimum atomic E-state index is -4.57. The van der Waals surface area contributed by atoms with E-state index in [1.807, 2.05) is 6.07 Å². The molecule has 2 N–H and O–H groups in total. The summed E-state index contributed by atoms with van der Waals surface area (Å²) in [4.78, 5) is 12.8. The van der Waals surface area contributed by atoms with E-state index in [9.17, 15) is 18.0 Å². The fraction of sp³-hybridized carbons (Fsp3) is 0.333. The van der Waals surface area contributed by atoms with E-state index in [4.69, 9.17) is 21.1 Å². The van der Waals surface area contributed by atoms with Crippen molar-refractivity contribution in [2.75, 3.05) is 26.1 Å². The molecule has 1 amide bonds. The molecule has 7 nitrogen and oxygen atoms in total. The van der Waals surface area contributed by atoms with Crippen LogP contribution in [0, 0.1) is 0 Å². The number of ether oxygens (including phenoxy) is 2. The van der Waals surface area contributed by atoms with E-state index in [0.717, 1.165) is 10.2 Å². The summed E-state index contributed by atoms with van der Waals surface area (Å²) in [6.45, 7) is 0.218. The maximum Gasteiger partial charge on any atom is 0.410 e. The third-order valence-corrected chi connectivity index (χ3v) is 6.22. The normalized spacial score (nSPS) is 17.3. The molecule has 0 bridgehead atoms. The number of nitrogens with one attached hydrogen (secondary N) is 2. The zero-order chi connectivity index (χ0) is 25.2. The number of amides is 1. The van der Waals surface area contributed by atoms with Crippen LogP contribution < -0.4 is 20.1 Å². The van der Waals surface area contributed by atoms with Crippen LogP contribution in [-0.2, 0) is 6.42 Å². The highest BCUT2D eigenvalue weighted by Crippen LogP contribution is 2.46. The van der Waals surface area contributed by atoms with Gasteiger partial charge in [-0.05, 0) is 29.7 Å². The van der Waals surface area contributed by atoms with Crippen LogP contribution in [0.4, 0.5) is 19.0 Å². The molecule has 2 atom stereocenters. The molecule has 2 aromatic carbocycles. The molecular weight excluding hydrogens is 485 g/mol. The maximum absolute atomic E-state index is 13.9. The number of carbonyl (C=O) groups is 1. The van der Waals surface area contributed by atoms with E-state index in [0.29, 0.717) is 23.5 Å². The lowest BCUT2D eigenvalue weighted by atomic mass is 9.97. The highest BCUT2D eigenvalue weighted by atomic mass is 35.5. The molecule has 0 unspecified atom stereocenters. The van der Waals surface area contributed by atoms with Gasteiger partial charge in [-0.25, -0.2) is 4.68 Å². The quantitative estimate of drug-likeness (QED) is 0.459. The van der Waals surface area contributed by atoms with Gasteiger partial charge in [0.15, 0.2) is 23.2 Å². The first-order valence-corrected chi connectivity index (χ1v) is 11.3. The second kappa shape index (κ2) is 10.1. The Morgan fingerprint density at radius 2 is 1.89 bits per heavy atom. The van der Waals surface area contributed by atoms with E-state index in [1.165, 1.54) is 14.2 Å². The Labute approximate surface area is 205 Å². The summed E-state index contributed by atoms with van der Waals surface area (Å²) < 4.78 is 53.0. The number of fused-ring (bicyclic) bond motifs is 1. The SMILES string of the molecule is COc1ccc(CCNC(=O)c2nn3c(c2Cl)N[C@H](c2ccccc2)C[C@@H]3C(F)(F)F)cc1OC. The van der Waals surface area contributed by atoms with Gasteiger partial charge in [-0.3, -0.25) is 4.79 Å². The highest BCUT2D eigenvalue weighted by molar-refractivity contribution is 6.36. The molecule has 0 saturated heterocycles. The Morgan fingerprint density at radius 3 is 2.54 bits per heavy atom. The molecule has 2 heterocycles. The Hall–Kier alpha value is -3.40. The molecule has 0 radical (unpaired) electrons. The van der Waals surface area contributed by atoms with E-state index >= 15 is 0 Å². The first-order valence-electron chi connectivity index (χ1n) is 10.9. The third kappa shape index (κ3) is 5.17. The number of methoxy groups -OCH3 is 2. The number of aromatic nitrogens is 2. The van der Waals surface area contributed by atoms with Crippen molar-refractivity contribution in [2.24, 2.45) is 0 Å². The third-order valence-electron chi connectivity index (χ3n) is 5.86. The molecule has 0 aliphatic carbocycles. The monoisotopic (exact) mass is 508 g/mol. The van der Waals surface area contributed by atoms with Gasteiger partial charge in [0.25, 0.3) is 5.91 Å². The summed E-state index contributed by atoms with van der Waals surface area (Å²) in [7, 11) is 3.06. The molecule has 3 aromatic rings. The number of hydrogen-bond acceptors (Lipinski definition) is 5. The predicted molar refractivity (Wildman–Crippen MR) is 125 cm³/mol. The summed E-state index contributed by atoms with van der Waals surface area (Å²) in [5.74, 6) is 0.449. The van der Waals surface area contributed by atoms with Gasteiger partial charge in [-0.15, -0.1) is 0 Å². The summed E-state index contributed by atoms with van der Waals surface area (Å²) in [6.07, 6.45) is -4.39. The molecule has 11 heteroatoms. The molecule has 186 valence electrons. The molecule has 0 saturated carbocycles. The average Bonchev–Trinajstić information content (AvgIpc) is 3.19. The van der Waals surface area contributed by atoms with Crippen molar-refractivity contribution in [3.63, 3.8) is 0 Å². The van der Waals surface area contributed by atoms with Gasteiger partial charge < -0.3 is 20.1 Å². The van der Waals surface area contributed by atoms with Gasteiger partial charge in [0.2, 0.25) is 0 Å². The number of anilines is 1. The van der Waals surface area contributed by atoms with Crippen molar-refractivity contribution < 1.29 is 27.4 Å². The summed E-state index contributed by atoms with van der Waals surface area (Å²) in [5.41, 5.74) is 1.30. The topological polar surface area (TPSA) is 77.4 Å². The van der Waals surface area contributed by atoms with Gasteiger partial charge in [-0.2, -0.15) is 18.3 Å². The van der Waals surface area contributed by atoms with Gasteiger partial charge >= 0.3 is 6.18 Å². The van der Waals surface area contributed by atoms with E-state index in [-0.39, 0.29) is 29.5 Å². The van der Waals surface area contributed by atoms with Crippen LogP contribution in [0.25, 0.3) is 0 Å². The van der Waals surface area contributed by atoms with Gasteiger partial charge in [0.05, 0.1) is 20.3 Å². The van der Waals surface area contributed by atoms with Gasteiger partial charge in [-0.1, -0.05) is 48.0 Å². The molecule has 0 spiro atoms. The van der Waals surface area contributed by atoms with Crippen LogP contribution >= 0.6 is 11.6 Å². The van der Waals surface area contributed by atoms with Crippen molar-refractivity contribution >= 4 is 23.3 Å². The van der Waals surface area contributed by atoms with Crippen LogP contribution in [0.1, 0.15) is 40.1 Å². The molecule has 35 heavy (non-hydrogen) atoms. The summed E-state index contributed by atoms with van der Waals surface area (Å²) in [5, 5.41) is 9.51. The lowest BCUT2D eigenvalue weighted by Gasteiger charge is -2.33. The van der Waals surface area contributed by atoms with Crippen LogP contribution in [-0.4, -0.2) is 42.6 Å². The second-order valence-electron chi connectivity index (χ2n) is 8.05. The Kier molecular flexibility index (Phi) is 7.11. The van der Waals surface area contributed by atoms with E-state index in [2.05, 4.69) is 15.7 Å². The average molecular weight is 509 g/mol. The first-order chi connectivity index (χ1) is 16.7. The van der Waals surface area contributed by atoms with Gasteiger partial charge in [0.1, 0.15) is 10.8 Å². The first kappa shape index (κ1) is 24.7. The lowest BCUT2D eigenvalue weighted by Crippen LogP contribution is -2.36. The number of nitrogens with zero attached hydrogens (tertiary/aromatic N) is 2. The van der Waals surface area contributed by atoms with Crippen LogP contribution in [0.5, 0.6) is 11.5 Å². The standard InChI is InChI=1S/C24H24ClF3N4O3/c1-34-17-9-8-14(12-18(17)35-2)10-11-29-23(33)21-20(25)22-30-16(15-6-4-3-5-7-15)13-19(24(26,27)28)32(22)31-21/h3-9,12,16,19,30H,10-11,13H2,1-2H3,(H,29,33)/t16-,19+/m0/s1. The lowest BCUT2D eigenvalue weighted by molar-refractivity contribution is -0.173. The van der Waals surface area contributed by atoms with Crippen LogP contribution in [0.3, 0.4) is 0 Å². The Morgan fingerprint density at radius 1 is 1.17 bits per heavy atom. The molecule has 1 aromatic heterocycles. The van der Waals surface area contributed by atoms with E-state index < -0.39 is 24.2 Å². The fourth-order valence-corrected chi connectivity index (χ4v) is 4.34. The molecular formula is C24H24ClF3N4O3. The number of halogens is 4. The van der Waals surface area contributed by atoms with Crippen molar-refractivity contribution in [1.29, 1.82) is 0 Å². The van der Waals surface area contributed by atoms with Crippen molar-refractivity contribution in [3.8, 4) is 11.5 Å². The van der Waals surface area contributed by atoms with Crippen LogP contribution in [0.2, 0.25) is 5.02 Å². The minimum Gasteiger partial charge on any atom is -0.493 e. The number of benzene rings is 2. The predicted octanol–water partition coefficient (Wildman–Crippen LogP) is 5.19. The van der Waals surface area contributed by atoms with Crippen molar-refractivity contribution in [2.45, 2.75) is 31.1 Å². The Balaban J connectivity index is 1.52. The summed E-state index contributed by atoms with van der Waals surface area (Å²) in [6, 6.07) is 11.6. The van der Waals surface area contributed by atoms with E-state index in [1.54, 1.807) is 42.5 Å². The number of hydrogen-bond donors (Lipinski definition) is 2. The van der Waals surface area contributed by atoms with Crippen molar-refractivity contribution in [3.05, 3.63) is 70.4 Å². The number of alkyl halides is 3. The van der Waals surface area contributed by atoms with Crippen molar-refractivity contribution in [1.82, 2.24) is 15.1 Å². The highest BCUT2D eigenvalue weighted by Gasteiger charge is 2.47. The zero-order valence-corrected chi connectivity index (χ0v) is 19.8. The Bertz CT molecular complexity index is 1200. The van der Waals surface area contributed by atoms with Gasteiger partial charge in [0, 0.05) is 13.0 Å². The fourth-order valence-electron chi connectivity index (χ4n) is 4.08. The zero-order valence-electron chi connectivity index (χ0n) is 19.0. The number of carbonyl (C=O) groups excluding carboxylic acids is 1. The smallest absolute Gasteiger partial charge is 0.410 e. The second-order valence-corrected chi connectivity index (χ2v) is 8.43. The largest absolute Gasteiger partial charge is 0.493 e. The molecule has 1 aliphatic heterocycles. The summed E-state index contributed by atoms with van der Waals surface area (Å²) >= 11 is 6.37. The minimum absolute atomic E-state index is 0.0286. The molecule has 0 fully saturated rings. The maximum atomic E-state index is 13.9.